The Morgan fingerprint density at radius 2 is 0.842 bits per heavy atom. The number of hydrogen-bond donors (Lipinski definition) is 2. The van der Waals surface area contributed by atoms with Gasteiger partial charge in [0.05, 0.1) is 66.1 Å². The Kier molecular flexibility index (Phi) is 25.3. The first-order valence-corrected chi connectivity index (χ1v) is 6.26. The number of methoxy groups -OCH3 is 2. The van der Waals surface area contributed by atoms with Gasteiger partial charge in [-0.2, -0.15) is 0 Å². The number of hydrogen-bond acceptors (Lipinski definition) is 7. The van der Waals surface area contributed by atoms with Crippen LogP contribution >= 0.6 is 0 Å². The van der Waals surface area contributed by atoms with E-state index in [9.17, 15) is 0 Å². The van der Waals surface area contributed by atoms with E-state index in [1.807, 2.05) is 0 Å². The molecule has 0 amide bonds. The van der Waals surface area contributed by atoms with Crippen LogP contribution in [0.5, 0.6) is 0 Å². The highest BCUT2D eigenvalue weighted by atomic mass is 16.5. The van der Waals surface area contributed by atoms with Crippen molar-refractivity contribution in [1.29, 1.82) is 0 Å². The smallest absolute Gasteiger partial charge is 0.0701 e. The van der Waals surface area contributed by atoms with Crippen molar-refractivity contribution >= 4 is 0 Å². The molecule has 0 heterocycles. The maximum atomic E-state index is 8.09. The van der Waals surface area contributed by atoms with E-state index >= 15 is 0 Å². The zero-order valence-corrected chi connectivity index (χ0v) is 12.0. The fourth-order valence-electron chi connectivity index (χ4n) is 0.838. The Morgan fingerprint density at radius 1 is 0.526 bits per heavy atom. The predicted octanol–water partition coefficient (Wildman–Crippen LogP) is -0.700. The molecule has 0 fully saturated rings. The highest BCUT2D eigenvalue weighted by Crippen LogP contribution is 1.79. The molecule has 0 aromatic heterocycles. The molecular weight excluding hydrogens is 256 g/mol. The molecule has 0 saturated carbocycles. The Bertz CT molecular complexity index is 121. The van der Waals surface area contributed by atoms with Gasteiger partial charge in [0.2, 0.25) is 0 Å². The second kappa shape index (κ2) is 22.9. The van der Waals surface area contributed by atoms with Crippen LogP contribution in [0.4, 0.5) is 0 Å². The van der Waals surface area contributed by atoms with Gasteiger partial charge < -0.3 is 33.9 Å². The van der Waals surface area contributed by atoms with Gasteiger partial charge in [0.1, 0.15) is 0 Å². The minimum absolute atomic E-state index is 0.0278. The van der Waals surface area contributed by atoms with Crippen LogP contribution in [-0.2, 0) is 23.7 Å². The number of rotatable bonds is 13. The van der Waals surface area contributed by atoms with E-state index in [0.29, 0.717) is 52.9 Å². The highest BCUT2D eigenvalue weighted by Gasteiger charge is 1.88. The quantitative estimate of drug-likeness (QED) is 0.432. The highest BCUT2D eigenvalue weighted by molar-refractivity contribution is 4.32. The summed E-state index contributed by atoms with van der Waals surface area (Å²) in [4.78, 5) is 0. The molecule has 2 N–H and O–H groups in total. The fourth-order valence-corrected chi connectivity index (χ4v) is 0.838. The molecule has 0 aromatic rings. The van der Waals surface area contributed by atoms with Crippen molar-refractivity contribution in [2.75, 3.05) is 80.3 Å². The molecule has 0 spiro atoms. The molecule has 0 rings (SSSR count). The van der Waals surface area contributed by atoms with Gasteiger partial charge in [0.25, 0.3) is 0 Å². The third-order valence-corrected chi connectivity index (χ3v) is 1.71. The molecule has 7 nitrogen and oxygen atoms in total. The number of aliphatic hydroxyl groups excluding tert-OH is 2. The molecule has 0 aromatic carbocycles. The Hall–Kier alpha value is -0.280. The van der Waals surface area contributed by atoms with E-state index in [2.05, 4.69) is 4.74 Å². The molecule has 0 aliphatic rings. The van der Waals surface area contributed by atoms with Crippen LogP contribution in [0, 0.1) is 0 Å². The summed E-state index contributed by atoms with van der Waals surface area (Å²) in [5.41, 5.74) is 0. The Morgan fingerprint density at radius 3 is 1.16 bits per heavy atom. The summed E-state index contributed by atoms with van der Waals surface area (Å²) in [6, 6.07) is 0. The molecule has 0 aliphatic carbocycles. The van der Waals surface area contributed by atoms with Crippen LogP contribution in [0.15, 0.2) is 0 Å². The van der Waals surface area contributed by atoms with Crippen molar-refractivity contribution in [3.05, 3.63) is 0 Å². The second-order valence-corrected chi connectivity index (χ2v) is 3.27. The van der Waals surface area contributed by atoms with E-state index in [0.717, 1.165) is 0 Å². The van der Waals surface area contributed by atoms with Crippen molar-refractivity contribution in [3.63, 3.8) is 0 Å². The summed E-state index contributed by atoms with van der Waals surface area (Å²) in [6.45, 7) is 4.46. The number of ether oxygens (including phenoxy) is 5. The lowest BCUT2D eigenvalue weighted by Gasteiger charge is -2.04. The van der Waals surface area contributed by atoms with Crippen molar-refractivity contribution < 1.29 is 33.9 Å². The SMILES string of the molecule is COCCOCCOCCOC.OCCOCCO. The topological polar surface area (TPSA) is 86.6 Å². The summed E-state index contributed by atoms with van der Waals surface area (Å²) in [5, 5.41) is 16.2. The average Bonchev–Trinajstić information content (AvgIpc) is 2.43. The summed E-state index contributed by atoms with van der Waals surface area (Å²) < 4.78 is 24.6. The van der Waals surface area contributed by atoms with Gasteiger partial charge in [0.15, 0.2) is 0 Å². The monoisotopic (exact) mass is 284 g/mol. The van der Waals surface area contributed by atoms with Crippen molar-refractivity contribution in [2.45, 2.75) is 0 Å². The van der Waals surface area contributed by atoms with Gasteiger partial charge in [-0.15, -0.1) is 0 Å². The van der Waals surface area contributed by atoms with Gasteiger partial charge in [-0.1, -0.05) is 0 Å². The summed E-state index contributed by atoms with van der Waals surface area (Å²) >= 11 is 0. The average molecular weight is 284 g/mol. The van der Waals surface area contributed by atoms with Crippen LogP contribution in [0.2, 0.25) is 0 Å². The second-order valence-electron chi connectivity index (χ2n) is 3.27. The van der Waals surface area contributed by atoms with Gasteiger partial charge >= 0.3 is 0 Å². The van der Waals surface area contributed by atoms with Crippen molar-refractivity contribution in [2.24, 2.45) is 0 Å². The lowest BCUT2D eigenvalue weighted by atomic mass is 10.7. The van der Waals surface area contributed by atoms with Crippen LogP contribution in [0.3, 0.4) is 0 Å². The molecule has 0 bridgehead atoms. The van der Waals surface area contributed by atoms with Crippen LogP contribution in [0.1, 0.15) is 0 Å². The van der Waals surface area contributed by atoms with Crippen molar-refractivity contribution in [3.8, 4) is 0 Å². The largest absolute Gasteiger partial charge is 0.394 e. The first-order chi connectivity index (χ1) is 9.33. The van der Waals surface area contributed by atoms with E-state index in [1.165, 1.54) is 0 Å². The zero-order chi connectivity index (χ0) is 14.6. The Balaban J connectivity index is 0. The molecule has 19 heavy (non-hydrogen) atoms. The van der Waals surface area contributed by atoms with Gasteiger partial charge in [-0.05, 0) is 0 Å². The molecule has 0 saturated heterocycles. The maximum absolute atomic E-state index is 8.09. The van der Waals surface area contributed by atoms with Gasteiger partial charge in [0, 0.05) is 14.2 Å². The van der Waals surface area contributed by atoms with Gasteiger partial charge in [-0.3, -0.25) is 0 Å². The predicted molar refractivity (Wildman–Crippen MR) is 70.4 cm³/mol. The minimum atomic E-state index is 0.0278. The molecular formula is C12H28O7. The zero-order valence-electron chi connectivity index (χ0n) is 12.0. The van der Waals surface area contributed by atoms with E-state index in [1.54, 1.807) is 14.2 Å². The van der Waals surface area contributed by atoms with Crippen LogP contribution in [-0.4, -0.2) is 90.5 Å². The normalized spacial score (nSPS) is 10.1. The fraction of sp³-hybridized carbons (Fsp3) is 1.00. The molecule has 0 radical (unpaired) electrons. The lowest BCUT2D eigenvalue weighted by Crippen LogP contribution is -2.10. The van der Waals surface area contributed by atoms with Crippen LogP contribution in [0.25, 0.3) is 0 Å². The summed E-state index contributed by atoms with van der Waals surface area (Å²) in [6.07, 6.45) is 0. The molecule has 0 unspecified atom stereocenters. The first-order valence-electron chi connectivity index (χ1n) is 6.26. The van der Waals surface area contributed by atoms with E-state index in [4.69, 9.17) is 29.2 Å². The number of aliphatic hydroxyl groups is 2. The molecule has 7 heteroatoms. The van der Waals surface area contributed by atoms with E-state index < -0.39 is 0 Å². The van der Waals surface area contributed by atoms with Crippen molar-refractivity contribution in [1.82, 2.24) is 0 Å². The molecule has 0 atom stereocenters. The minimum Gasteiger partial charge on any atom is -0.394 e. The third kappa shape index (κ3) is 27.1. The first kappa shape index (κ1) is 21.0. The molecule has 0 aliphatic heterocycles. The van der Waals surface area contributed by atoms with E-state index in [-0.39, 0.29) is 13.2 Å². The van der Waals surface area contributed by atoms with Gasteiger partial charge in [-0.25, -0.2) is 0 Å². The standard InChI is InChI=1S/C8H18O4.C4H10O3/c1-9-3-5-11-7-8-12-6-4-10-2;5-1-3-7-4-2-6/h3-8H2,1-2H3;5-6H,1-4H2. The van der Waals surface area contributed by atoms with Crippen LogP contribution < -0.4 is 0 Å². The summed E-state index contributed by atoms with van der Waals surface area (Å²) in [7, 11) is 3.30. The summed E-state index contributed by atoms with van der Waals surface area (Å²) in [5.74, 6) is 0. The maximum Gasteiger partial charge on any atom is 0.0701 e. The third-order valence-electron chi connectivity index (χ3n) is 1.71. The molecule has 118 valence electrons. The lowest BCUT2D eigenvalue weighted by molar-refractivity contribution is 0.0106. The Labute approximate surface area is 115 Å².